The zero-order valence-electron chi connectivity index (χ0n) is 9.40. The number of nitrogen functional groups attached to an aromatic ring is 1. The van der Waals surface area contributed by atoms with Crippen molar-refractivity contribution in [1.82, 2.24) is 14.5 Å². The maximum atomic E-state index is 11.5. The topological polar surface area (TPSA) is 173 Å². The minimum atomic E-state index is -1.89. The second-order valence-electron chi connectivity index (χ2n) is 3.87. The molecule has 0 aliphatic carbocycles. The molecule has 1 aromatic heterocycles. The Morgan fingerprint density at radius 2 is 2.16 bits per heavy atom. The Morgan fingerprint density at radius 1 is 1.47 bits per heavy atom. The third kappa shape index (κ3) is 2.42. The van der Waals surface area contributed by atoms with Crippen molar-refractivity contribution in [3.05, 3.63) is 16.8 Å². The molecular formula is C8H12N4O7. The van der Waals surface area contributed by atoms with Crippen LogP contribution in [-0.2, 0) is 9.62 Å². The van der Waals surface area contributed by atoms with E-state index in [0.29, 0.717) is 0 Å². The van der Waals surface area contributed by atoms with Gasteiger partial charge in [0.2, 0.25) is 12.2 Å². The minimum Gasteiger partial charge on any atom is -0.387 e. The summed E-state index contributed by atoms with van der Waals surface area (Å²) in [5.41, 5.74) is 4.35. The number of anilines is 1. The third-order valence-electron chi connectivity index (χ3n) is 2.68. The number of aromatic nitrogens is 3. The van der Waals surface area contributed by atoms with Gasteiger partial charge in [0.25, 0.3) is 0 Å². The zero-order valence-corrected chi connectivity index (χ0v) is 9.40. The fraction of sp³-hybridized carbons (Fsp3) is 0.625. The first-order valence-electron chi connectivity index (χ1n) is 5.16. The molecule has 6 N–H and O–H groups in total. The Labute approximate surface area is 105 Å². The fourth-order valence-corrected chi connectivity index (χ4v) is 1.74. The molecule has 1 fully saturated rings. The van der Waals surface area contributed by atoms with Crippen molar-refractivity contribution in [2.75, 3.05) is 5.73 Å². The maximum Gasteiger partial charge on any atom is 0.354 e. The molecule has 1 aliphatic rings. The second-order valence-corrected chi connectivity index (χ2v) is 3.87. The van der Waals surface area contributed by atoms with E-state index in [4.69, 9.17) is 15.7 Å². The highest BCUT2D eigenvalue weighted by molar-refractivity contribution is 5.10. The van der Waals surface area contributed by atoms with E-state index in [0.717, 1.165) is 10.9 Å². The molecule has 19 heavy (non-hydrogen) atoms. The number of rotatable bonds is 3. The van der Waals surface area contributed by atoms with Crippen LogP contribution in [0.3, 0.4) is 0 Å². The first kappa shape index (κ1) is 13.8. The number of nitrogens with two attached hydrogens (primary N) is 1. The van der Waals surface area contributed by atoms with E-state index in [1.54, 1.807) is 0 Å². The van der Waals surface area contributed by atoms with Gasteiger partial charge in [-0.25, -0.2) is 19.9 Å². The first-order valence-corrected chi connectivity index (χ1v) is 5.16. The van der Waals surface area contributed by atoms with Crippen molar-refractivity contribution in [3.8, 4) is 0 Å². The number of aliphatic hydroxyl groups is 3. The van der Waals surface area contributed by atoms with E-state index in [-0.39, 0.29) is 5.95 Å². The molecule has 0 radical (unpaired) electrons. The van der Waals surface area contributed by atoms with Crippen LogP contribution in [0.4, 0.5) is 5.95 Å². The third-order valence-corrected chi connectivity index (χ3v) is 2.68. The highest BCUT2D eigenvalue weighted by atomic mass is 17.1. The smallest absolute Gasteiger partial charge is 0.354 e. The molecule has 0 bridgehead atoms. The van der Waals surface area contributed by atoms with E-state index in [2.05, 4.69) is 14.9 Å². The van der Waals surface area contributed by atoms with Crippen molar-refractivity contribution in [2.24, 2.45) is 0 Å². The molecule has 0 aromatic carbocycles. The molecule has 0 saturated carbocycles. The number of ether oxygens (including phenoxy) is 1. The van der Waals surface area contributed by atoms with Crippen LogP contribution < -0.4 is 11.4 Å². The summed E-state index contributed by atoms with van der Waals surface area (Å²) < 4.78 is 5.84. The molecule has 0 amide bonds. The summed E-state index contributed by atoms with van der Waals surface area (Å²) in [6.07, 6.45) is -6.86. The Kier molecular flexibility index (Phi) is 3.75. The van der Waals surface area contributed by atoms with Gasteiger partial charge in [0.15, 0.2) is 6.23 Å². The van der Waals surface area contributed by atoms with Crippen LogP contribution in [0.1, 0.15) is 6.23 Å². The van der Waals surface area contributed by atoms with Crippen LogP contribution in [0.2, 0.25) is 0 Å². The summed E-state index contributed by atoms with van der Waals surface area (Å²) in [5.74, 6) is -0.260. The van der Waals surface area contributed by atoms with Gasteiger partial charge in [0.1, 0.15) is 24.6 Å². The molecule has 2 rings (SSSR count). The average molecular weight is 276 g/mol. The lowest BCUT2D eigenvalue weighted by Crippen LogP contribution is -2.39. The summed E-state index contributed by atoms with van der Waals surface area (Å²) >= 11 is 0. The first-order chi connectivity index (χ1) is 8.95. The number of nitrogens with zero attached hydrogens (tertiary/aromatic N) is 3. The van der Waals surface area contributed by atoms with Gasteiger partial charge in [-0.05, 0) is 0 Å². The fourth-order valence-electron chi connectivity index (χ4n) is 1.74. The van der Waals surface area contributed by atoms with Gasteiger partial charge < -0.3 is 25.8 Å². The van der Waals surface area contributed by atoms with Crippen LogP contribution in [-0.4, -0.2) is 59.7 Å². The molecule has 1 saturated heterocycles. The lowest BCUT2D eigenvalue weighted by atomic mass is 10.1. The quantitative estimate of drug-likeness (QED) is 0.213. The van der Waals surface area contributed by atoms with E-state index in [9.17, 15) is 20.1 Å². The van der Waals surface area contributed by atoms with E-state index in [1.807, 2.05) is 0 Å². The van der Waals surface area contributed by atoms with Gasteiger partial charge in [0, 0.05) is 0 Å². The van der Waals surface area contributed by atoms with Gasteiger partial charge in [-0.3, -0.25) is 4.57 Å². The van der Waals surface area contributed by atoms with Crippen LogP contribution in [0, 0.1) is 0 Å². The average Bonchev–Trinajstić information content (AvgIpc) is 2.66. The Morgan fingerprint density at radius 3 is 2.74 bits per heavy atom. The molecule has 5 atom stereocenters. The molecular weight excluding hydrogens is 264 g/mol. The largest absolute Gasteiger partial charge is 0.387 e. The molecule has 11 nitrogen and oxygen atoms in total. The van der Waals surface area contributed by atoms with Crippen molar-refractivity contribution in [2.45, 2.75) is 30.8 Å². The summed E-state index contributed by atoms with van der Waals surface area (Å²) in [7, 11) is 0. The van der Waals surface area contributed by atoms with Crippen molar-refractivity contribution in [3.63, 3.8) is 0 Å². The highest BCUT2D eigenvalue weighted by Gasteiger charge is 2.48. The normalized spacial score (nSPS) is 32.4. The lowest BCUT2D eigenvalue weighted by Gasteiger charge is -2.17. The zero-order chi connectivity index (χ0) is 14.2. The molecule has 1 unspecified atom stereocenters. The second kappa shape index (κ2) is 5.16. The summed E-state index contributed by atoms with van der Waals surface area (Å²) in [6.45, 7) is 0. The van der Waals surface area contributed by atoms with Crippen molar-refractivity contribution in [1.29, 1.82) is 0 Å². The monoisotopic (exact) mass is 276 g/mol. The van der Waals surface area contributed by atoms with Crippen LogP contribution in [0.15, 0.2) is 11.1 Å². The number of aliphatic hydroxyl groups excluding tert-OH is 3. The molecule has 0 spiro atoms. The molecule has 2 heterocycles. The Bertz CT molecular complexity index is 508. The SMILES string of the molecule is Nc1ncn([C@@H]2O[C@H](C(O)OO)[C@@H](O)[C@H]2O)c(=O)n1. The predicted octanol–water partition coefficient (Wildman–Crippen LogP) is -3.35. The van der Waals surface area contributed by atoms with Gasteiger partial charge in [-0.1, -0.05) is 0 Å². The van der Waals surface area contributed by atoms with Gasteiger partial charge >= 0.3 is 5.69 Å². The van der Waals surface area contributed by atoms with E-state index in [1.165, 1.54) is 0 Å². The lowest BCUT2D eigenvalue weighted by molar-refractivity contribution is -0.361. The molecule has 1 aromatic rings. The van der Waals surface area contributed by atoms with Gasteiger partial charge in [-0.2, -0.15) is 4.98 Å². The highest BCUT2D eigenvalue weighted by Crippen LogP contribution is 2.30. The minimum absolute atomic E-state index is 0.260. The summed E-state index contributed by atoms with van der Waals surface area (Å²) in [5, 5.41) is 36.9. The standard InChI is InChI=1S/C8H12N4O7/c9-7-10-1-12(8(16)11-7)5-3(14)2(13)4(18-5)6(15)19-17/h1-6,13-15,17H,(H2,9,11,16)/t2-,3+,4-,5+,6?/m0/s1. The van der Waals surface area contributed by atoms with Crippen LogP contribution >= 0.6 is 0 Å². The van der Waals surface area contributed by atoms with E-state index >= 15 is 0 Å². The van der Waals surface area contributed by atoms with Gasteiger partial charge in [-0.15, -0.1) is 0 Å². The Balaban J connectivity index is 2.29. The van der Waals surface area contributed by atoms with Gasteiger partial charge in [0.05, 0.1) is 0 Å². The predicted molar refractivity (Wildman–Crippen MR) is 56.3 cm³/mol. The van der Waals surface area contributed by atoms with E-state index < -0.39 is 36.5 Å². The van der Waals surface area contributed by atoms with Crippen molar-refractivity contribution >= 4 is 5.95 Å². The van der Waals surface area contributed by atoms with Crippen molar-refractivity contribution < 1.29 is 30.2 Å². The summed E-state index contributed by atoms with van der Waals surface area (Å²) in [4.78, 5) is 22.0. The Hall–Kier alpha value is -1.63. The maximum absolute atomic E-state index is 11.5. The number of hydrogen-bond donors (Lipinski definition) is 5. The molecule has 1 aliphatic heterocycles. The van der Waals surface area contributed by atoms with Crippen LogP contribution in [0.25, 0.3) is 0 Å². The summed E-state index contributed by atoms with van der Waals surface area (Å²) in [6, 6.07) is 0. The molecule has 11 heteroatoms. The molecule has 106 valence electrons. The number of hydrogen-bond acceptors (Lipinski definition) is 10. The van der Waals surface area contributed by atoms with Crippen LogP contribution in [0.5, 0.6) is 0 Å².